The average molecular weight is 468 g/mol. The normalized spacial score (nSPS) is 20.3. The van der Waals surface area contributed by atoms with Gasteiger partial charge in [-0.3, -0.25) is 9.59 Å². The van der Waals surface area contributed by atoms with E-state index in [9.17, 15) is 18.8 Å². The number of hydrogen-bond acceptors (Lipinski definition) is 4. The highest BCUT2D eigenvalue weighted by molar-refractivity contribution is 5.91. The summed E-state index contributed by atoms with van der Waals surface area (Å²) in [6.45, 7) is 3.54. The van der Waals surface area contributed by atoms with Gasteiger partial charge in [-0.05, 0) is 40.2 Å². The summed E-state index contributed by atoms with van der Waals surface area (Å²) in [6.07, 6.45) is -0.821. The van der Waals surface area contributed by atoms with Gasteiger partial charge in [-0.1, -0.05) is 62.7 Å². The molecule has 1 aliphatic heterocycles. The maximum atomic E-state index is 14.0. The Hall–Kier alpha value is -3.42. The second-order valence-electron chi connectivity index (χ2n) is 9.10. The molecule has 7 nitrogen and oxygen atoms in total. The number of nitrogens with two attached hydrogens (primary N) is 1. The number of carbonyl (C=O) groups excluding carboxylic acids is 3. The Morgan fingerprint density at radius 2 is 1.91 bits per heavy atom. The molecule has 3 amide bonds. The minimum Gasteiger partial charge on any atom is -0.445 e. The molecule has 3 N–H and O–H groups in total. The number of nitrogens with one attached hydrogen (secondary N) is 1. The van der Waals surface area contributed by atoms with Gasteiger partial charge in [0.1, 0.15) is 24.9 Å². The van der Waals surface area contributed by atoms with Crippen molar-refractivity contribution in [3.05, 3.63) is 59.2 Å². The van der Waals surface area contributed by atoms with Crippen LogP contribution in [0.2, 0.25) is 0 Å². The molecule has 0 saturated carbocycles. The molecule has 1 saturated heterocycles. The predicted octanol–water partition coefficient (Wildman–Crippen LogP) is 3.32. The topological polar surface area (TPSA) is 102 Å². The summed E-state index contributed by atoms with van der Waals surface area (Å²) >= 11 is 0. The molecule has 1 aliphatic carbocycles. The summed E-state index contributed by atoms with van der Waals surface area (Å²) < 4.78 is 19.5. The van der Waals surface area contributed by atoms with E-state index in [1.807, 2.05) is 38.1 Å². The Balaban J connectivity index is 1.44. The largest absolute Gasteiger partial charge is 0.445 e. The van der Waals surface area contributed by atoms with Gasteiger partial charge in [0.2, 0.25) is 11.8 Å². The number of primary amides is 1. The number of rotatable bonds is 7. The fourth-order valence-corrected chi connectivity index (χ4v) is 4.83. The van der Waals surface area contributed by atoms with Crippen molar-refractivity contribution < 1.29 is 23.5 Å². The number of ether oxygens (including phenoxy) is 1. The molecule has 34 heavy (non-hydrogen) atoms. The van der Waals surface area contributed by atoms with E-state index in [1.165, 1.54) is 11.1 Å². The fraction of sp³-hybridized carbons (Fsp3) is 0.423. The van der Waals surface area contributed by atoms with Crippen molar-refractivity contribution in [2.24, 2.45) is 11.7 Å². The molecule has 2 aromatic rings. The molecule has 1 fully saturated rings. The third-order valence-electron chi connectivity index (χ3n) is 6.92. The van der Waals surface area contributed by atoms with Crippen LogP contribution in [0.15, 0.2) is 42.5 Å². The van der Waals surface area contributed by atoms with E-state index in [0.717, 1.165) is 28.0 Å². The first kappa shape index (κ1) is 23.7. The molecule has 0 unspecified atom stereocenters. The van der Waals surface area contributed by atoms with E-state index in [1.54, 1.807) is 0 Å². The number of alkyl carbamates (subject to hydrolysis) is 1. The number of hydrogen-bond donors (Lipinski definition) is 2. The van der Waals surface area contributed by atoms with E-state index >= 15 is 0 Å². The molecule has 0 radical (unpaired) electrons. The number of alkyl halides is 1. The van der Waals surface area contributed by atoms with Gasteiger partial charge in [0.25, 0.3) is 0 Å². The molecule has 0 aromatic heterocycles. The zero-order valence-electron chi connectivity index (χ0n) is 19.4. The Labute approximate surface area is 198 Å². The first-order chi connectivity index (χ1) is 16.3. The van der Waals surface area contributed by atoms with Crippen molar-refractivity contribution in [2.75, 3.05) is 6.54 Å². The molecule has 0 bridgehead atoms. The van der Waals surface area contributed by atoms with Crippen molar-refractivity contribution in [1.82, 2.24) is 10.2 Å². The lowest BCUT2D eigenvalue weighted by Gasteiger charge is -2.30. The number of benzene rings is 2. The minimum absolute atomic E-state index is 0.0601. The number of halogens is 1. The van der Waals surface area contributed by atoms with Crippen LogP contribution in [-0.4, -0.2) is 47.6 Å². The van der Waals surface area contributed by atoms with Gasteiger partial charge in [-0.15, -0.1) is 0 Å². The summed E-state index contributed by atoms with van der Waals surface area (Å²) in [5.74, 6) is -1.52. The van der Waals surface area contributed by atoms with Crippen molar-refractivity contribution in [3.63, 3.8) is 0 Å². The van der Waals surface area contributed by atoms with Crippen LogP contribution in [0, 0.1) is 5.92 Å². The van der Waals surface area contributed by atoms with E-state index in [4.69, 9.17) is 10.5 Å². The van der Waals surface area contributed by atoms with E-state index < -0.39 is 36.2 Å². The third-order valence-corrected chi connectivity index (χ3v) is 6.92. The average Bonchev–Trinajstić information content (AvgIpc) is 3.41. The number of nitrogens with zero attached hydrogens (tertiary/aromatic N) is 1. The van der Waals surface area contributed by atoms with Crippen LogP contribution in [0.5, 0.6) is 0 Å². The van der Waals surface area contributed by atoms with Crippen molar-refractivity contribution in [1.29, 1.82) is 0 Å². The second-order valence-corrected chi connectivity index (χ2v) is 9.10. The van der Waals surface area contributed by atoms with Crippen LogP contribution >= 0.6 is 0 Å². The van der Waals surface area contributed by atoms with Gasteiger partial charge in [0.15, 0.2) is 0 Å². The van der Waals surface area contributed by atoms with E-state index in [0.29, 0.717) is 6.42 Å². The first-order valence-corrected chi connectivity index (χ1v) is 11.7. The molecule has 0 spiro atoms. The summed E-state index contributed by atoms with van der Waals surface area (Å²) in [4.78, 5) is 38.7. The fourth-order valence-electron chi connectivity index (χ4n) is 4.83. The Morgan fingerprint density at radius 1 is 1.18 bits per heavy atom. The molecule has 180 valence electrons. The van der Waals surface area contributed by atoms with Crippen molar-refractivity contribution in [2.45, 2.75) is 58.0 Å². The smallest absolute Gasteiger partial charge is 0.408 e. The molecule has 8 heteroatoms. The van der Waals surface area contributed by atoms with Crippen molar-refractivity contribution >= 4 is 17.9 Å². The van der Waals surface area contributed by atoms with Gasteiger partial charge in [0, 0.05) is 6.42 Å². The summed E-state index contributed by atoms with van der Waals surface area (Å²) in [7, 11) is 0. The molecule has 4 rings (SSSR count). The molecular weight excluding hydrogens is 437 g/mol. The molecule has 2 aromatic carbocycles. The SMILES string of the molecule is CC[C@H](C)[C@H](NC(=O)OCc1cccc2c1Cc1ccccc1-2)C(=O)N1C[C@@H](F)C[C@H]1C(N)=O. The lowest BCUT2D eigenvalue weighted by atomic mass is 9.97. The highest BCUT2D eigenvalue weighted by Crippen LogP contribution is 2.38. The Kier molecular flexibility index (Phi) is 6.86. The molecule has 2 aliphatic rings. The quantitative estimate of drug-likeness (QED) is 0.557. The van der Waals surface area contributed by atoms with Gasteiger partial charge < -0.3 is 20.7 Å². The lowest BCUT2D eigenvalue weighted by Crippen LogP contribution is -2.55. The summed E-state index contributed by atoms with van der Waals surface area (Å²) in [6, 6.07) is 12.2. The number of likely N-dealkylation sites (tertiary alicyclic amines) is 1. The third kappa shape index (κ3) is 4.62. The summed E-state index contributed by atoms with van der Waals surface area (Å²) in [5, 5.41) is 2.65. The van der Waals surface area contributed by atoms with Gasteiger partial charge in [-0.2, -0.15) is 0 Å². The van der Waals surface area contributed by atoms with Crippen LogP contribution < -0.4 is 11.1 Å². The Bertz CT molecular complexity index is 1110. The minimum atomic E-state index is -1.32. The Morgan fingerprint density at radius 3 is 2.65 bits per heavy atom. The zero-order valence-corrected chi connectivity index (χ0v) is 19.4. The number of carbonyl (C=O) groups is 3. The number of amides is 3. The summed E-state index contributed by atoms with van der Waals surface area (Å²) in [5.41, 5.74) is 11.0. The van der Waals surface area contributed by atoms with E-state index in [2.05, 4.69) is 23.5 Å². The lowest BCUT2D eigenvalue weighted by molar-refractivity contribution is -0.140. The monoisotopic (exact) mass is 467 g/mol. The van der Waals surface area contributed by atoms with Crippen LogP contribution in [0.1, 0.15) is 43.4 Å². The number of fused-ring (bicyclic) bond motifs is 3. The van der Waals surface area contributed by atoms with Gasteiger partial charge >= 0.3 is 6.09 Å². The standard InChI is InChI=1S/C26H30FN3O4/c1-3-15(2)23(25(32)30-13-18(27)12-22(30)24(28)31)29-26(33)34-14-17-8-6-10-20-19-9-5-4-7-16(19)11-21(17)20/h4-10,15,18,22-23H,3,11-14H2,1-2H3,(H2,28,31)(H,29,33)/t15-,18-,22-,23-/m0/s1. The van der Waals surface area contributed by atoms with Gasteiger partial charge in [-0.25, -0.2) is 9.18 Å². The van der Waals surface area contributed by atoms with Gasteiger partial charge in [0.05, 0.1) is 6.54 Å². The van der Waals surface area contributed by atoms with Crippen LogP contribution in [0.3, 0.4) is 0 Å². The highest BCUT2D eigenvalue weighted by Gasteiger charge is 2.42. The molecule has 1 heterocycles. The molecule has 4 atom stereocenters. The predicted molar refractivity (Wildman–Crippen MR) is 125 cm³/mol. The van der Waals surface area contributed by atoms with Crippen LogP contribution in [-0.2, 0) is 27.4 Å². The van der Waals surface area contributed by atoms with Crippen molar-refractivity contribution in [3.8, 4) is 11.1 Å². The highest BCUT2D eigenvalue weighted by atomic mass is 19.1. The van der Waals surface area contributed by atoms with E-state index in [-0.39, 0.29) is 25.5 Å². The zero-order chi connectivity index (χ0) is 24.4. The second kappa shape index (κ2) is 9.83. The van der Waals surface area contributed by atoms with Crippen LogP contribution in [0.25, 0.3) is 11.1 Å². The maximum absolute atomic E-state index is 14.0. The molecular formula is C26H30FN3O4. The first-order valence-electron chi connectivity index (χ1n) is 11.7. The van der Waals surface area contributed by atoms with Crippen LogP contribution in [0.4, 0.5) is 9.18 Å². The maximum Gasteiger partial charge on any atom is 0.408 e.